The minimum atomic E-state index is -3.44. The molecular weight excluding hydrogens is 274 g/mol. The minimum Gasteiger partial charge on any atom is -0.346 e. The highest BCUT2D eigenvalue weighted by atomic mass is 32.2. The van der Waals surface area contributed by atoms with Crippen LogP contribution in [0.3, 0.4) is 0 Å². The normalized spacial score (nSPS) is 15.8. The topological polar surface area (TPSA) is 54.3 Å². The first-order valence-electron chi connectivity index (χ1n) is 6.82. The van der Waals surface area contributed by atoms with E-state index in [0.717, 1.165) is 24.1 Å². The number of sulfonamides is 1. The summed E-state index contributed by atoms with van der Waals surface area (Å²) >= 11 is 0. The van der Waals surface area contributed by atoms with Crippen molar-refractivity contribution in [3.8, 4) is 0 Å². The van der Waals surface area contributed by atoms with Crippen LogP contribution >= 0.6 is 0 Å². The van der Waals surface area contributed by atoms with E-state index in [9.17, 15) is 8.42 Å². The van der Waals surface area contributed by atoms with E-state index in [1.807, 2.05) is 14.0 Å². The van der Waals surface area contributed by atoms with Crippen molar-refractivity contribution in [2.24, 2.45) is 0 Å². The molecule has 0 unspecified atom stereocenters. The van der Waals surface area contributed by atoms with Gasteiger partial charge in [0.2, 0.25) is 10.0 Å². The molecule has 20 heavy (non-hydrogen) atoms. The summed E-state index contributed by atoms with van der Waals surface area (Å²) in [4.78, 5) is 0.374. The lowest BCUT2D eigenvalue weighted by molar-refractivity contribution is 0.493. The molecule has 2 rings (SSSR count). The molecular formula is C14H23N3O2S. The van der Waals surface area contributed by atoms with E-state index in [1.165, 1.54) is 4.31 Å². The Hall–Kier alpha value is -1.11. The average Bonchev–Trinajstić information content (AvgIpc) is 3.10. The van der Waals surface area contributed by atoms with Gasteiger partial charge >= 0.3 is 0 Å². The third kappa shape index (κ3) is 3.13. The van der Waals surface area contributed by atoms with E-state index < -0.39 is 10.0 Å². The van der Waals surface area contributed by atoms with Crippen LogP contribution in [0.1, 0.15) is 31.5 Å². The van der Waals surface area contributed by atoms with Crippen LogP contribution in [0.5, 0.6) is 0 Å². The van der Waals surface area contributed by atoms with Gasteiger partial charge in [-0.05, 0) is 32.9 Å². The first-order chi connectivity index (χ1) is 9.36. The molecule has 0 amide bonds. The lowest BCUT2D eigenvalue weighted by Crippen LogP contribution is -2.28. The standard InChI is InChI=1S/C14H23N3O2S/c1-11(2)9-16(4)20(18,19)14-7-13(8-15-3)17(10-14)12-5-6-12/h7,10,12,15H,1,5-6,8-9H2,2-4H3. The molecule has 1 aliphatic rings. The summed E-state index contributed by atoms with van der Waals surface area (Å²) in [5.74, 6) is 0. The van der Waals surface area contributed by atoms with Crippen LogP contribution in [0.4, 0.5) is 0 Å². The highest BCUT2D eigenvalue weighted by molar-refractivity contribution is 7.89. The largest absolute Gasteiger partial charge is 0.346 e. The zero-order valence-electron chi connectivity index (χ0n) is 12.4. The molecule has 0 bridgehead atoms. The van der Waals surface area contributed by atoms with E-state index in [0.29, 0.717) is 24.0 Å². The number of hydrogen-bond acceptors (Lipinski definition) is 3. The van der Waals surface area contributed by atoms with Gasteiger partial charge in [0, 0.05) is 38.1 Å². The van der Waals surface area contributed by atoms with Crippen LogP contribution in [0.2, 0.25) is 0 Å². The van der Waals surface area contributed by atoms with Crippen LogP contribution in [-0.2, 0) is 16.6 Å². The SMILES string of the molecule is C=C(C)CN(C)S(=O)(=O)c1cc(CNC)n(C2CC2)c1. The van der Waals surface area contributed by atoms with Crippen molar-refractivity contribution < 1.29 is 8.42 Å². The third-order valence-electron chi connectivity index (χ3n) is 3.41. The molecule has 0 aliphatic heterocycles. The number of aromatic nitrogens is 1. The molecule has 0 saturated heterocycles. The highest BCUT2D eigenvalue weighted by Crippen LogP contribution is 2.37. The lowest BCUT2D eigenvalue weighted by Gasteiger charge is -2.15. The predicted octanol–water partition coefficient (Wildman–Crippen LogP) is 1.74. The van der Waals surface area contributed by atoms with Crippen LogP contribution in [0, 0.1) is 0 Å². The molecule has 1 fully saturated rings. The van der Waals surface area contributed by atoms with Crippen LogP contribution in [-0.4, -0.2) is 37.9 Å². The Morgan fingerprint density at radius 2 is 2.20 bits per heavy atom. The number of rotatable bonds is 7. The zero-order chi connectivity index (χ0) is 14.9. The summed E-state index contributed by atoms with van der Waals surface area (Å²) in [5, 5.41) is 3.09. The Kier molecular flexibility index (Phi) is 4.36. The maximum Gasteiger partial charge on any atom is 0.244 e. The van der Waals surface area contributed by atoms with Crippen LogP contribution in [0.25, 0.3) is 0 Å². The van der Waals surface area contributed by atoms with Gasteiger partial charge in [-0.3, -0.25) is 0 Å². The third-order valence-corrected chi connectivity index (χ3v) is 5.17. The number of likely N-dealkylation sites (N-methyl/N-ethyl adjacent to an activating group) is 1. The van der Waals surface area contributed by atoms with Gasteiger partial charge in [-0.1, -0.05) is 12.2 Å². The first-order valence-corrected chi connectivity index (χ1v) is 8.26. The summed E-state index contributed by atoms with van der Waals surface area (Å²) in [5.41, 5.74) is 1.85. The molecule has 1 saturated carbocycles. The van der Waals surface area contributed by atoms with E-state index in [-0.39, 0.29) is 0 Å². The van der Waals surface area contributed by atoms with Gasteiger partial charge in [-0.15, -0.1) is 0 Å². The molecule has 1 N–H and O–H groups in total. The second-order valence-corrected chi connectivity index (χ2v) is 7.60. The summed E-state index contributed by atoms with van der Waals surface area (Å²) < 4.78 is 28.5. The maximum absolute atomic E-state index is 12.5. The number of nitrogens with one attached hydrogen (secondary N) is 1. The number of nitrogens with zero attached hydrogens (tertiary/aromatic N) is 2. The average molecular weight is 297 g/mol. The van der Waals surface area contributed by atoms with Crippen molar-refractivity contribution in [2.75, 3.05) is 20.6 Å². The number of hydrogen-bond donors (Lipinski definition) is 1. The Bertz CT molecular complexity index is 600. The Balaban J connectivity index is 2.31. The van der Waals surface area contributed by atoms with Crippen molar-refractivity contribution >= 4 is 10.0 Å². The van der Waals surface area contributed by atoms with Crippen molar-refractivity contribution in [2.45, 2.75) is 37.2 Å². The molecule has 1 heterocycles. The summed E-state index contributed by atoms with van der Waals surface area (Å²) in [6.07, 6.45) is 4.04. The van der Waals surface area contributed by atoms with Gasteiger partial charge in [-0.2, -0.15) is 4.31 Å². The van der Waals surface area contributed by atoms with Gasteiger partial charge in [0.25, 0.3) is 0 Å². The zero-order valence-corrected chi connectivity index (χ0v) is 13.2. The van der Waals surface area contributed by atoms with Gasteiger partial charge < -0.3 is 9.88 Å². The summed E-state index contributed by atoms with van der Waals surface area (Å²) in [6.45, 7) is 6.62. The maximum atomic E-state index is 12.5. The Morgan fingerprint density at radius 1 is 1.55 bits per heavy atom. The van der Waals surface area contributed by atoms with E-state index in [4.69, 9.17) is 0 Å². The fourth-order valence-corrected chi connectivity index (χ4v) is 3.58. The smallest absolute Gasteiger partial charge is 0.244 e. The van der Waals surface area contributed by atoms with Crippen molar-refractivity contribution in [3.05, 3.63) is 30.1 Å². The Morgan fingerprint density at radius 3 is 2.70 bits per heavy atom. The molecule has 112 valence electrons. The molecule has 5 nitrogen and oxygen atoms in total. The highest BCUT2D eigenvalue weighted by Gasteiger charge is 2.29. The fourth-order valence-electron chi connectivity index (χ4n) is 2.30. The quantitative estimate of drug-likeness (QED) is 0.780. The Labute approximate surface area is 121 Å². The summed E-state index contributed by atoms with van der Waals surface area (Å²) in [6, 6.07) is 2.24. The van der Waals surface area contributed by atoms with Crippen molar-refractivity contribution in [1.29, 1.82) is 0 Å². The molecule has 0 spiro atoms. The van der Waals surface area contributed by atoms with Crippen molar-refractivity contribution in [3.63, 3.8) is 0 Å². The molecule has 1 aliphatic carbocycles. The summed E-state index contributed by atoms with van der Waals surface area (Å²) in [7, 11) is 0.0243. The van der Waals surface area contributed by atoms with Gasteiger partial charge in [0.1, 0.15) is 4.90 Å². The lowest BCUT2D eigenvalue weighted by atomic mass is 10.4. The molecule has 1 aromatic rings. The minimum absolute atomic E-state index is 0.346. The van der Waals surface area contributed by atoms with E-state index in [1.54, 1.807) is 19.3 Å². The molecule has 0 radical (unpaired) electrons. The van der Waals surface area contributed by atoms with Gasteiger partial charge in [0.05, 0.1) is 0 Å². The first kappa shape index (κ1) is 15.3. The van der Waals surface area contributed by atoms with Gasteiger partial charge in [0.15, 0.2) is 0 Å². The molecule has 1 aromatic heterocycles. The van der Waals surface area contributed by atoms with Crippen molar-refractivity contribution in [1.82, 2.24) is 14.2 Å². The molecule has 0 atom stereocenters. The van der Waals surface area contributed by atoms with Crippen LogP contribution in [0.15, 0.2) is 29.3 Å². The fraction of sp³-hybridized carbons (Fsp3) is 0.571. The second-order valence-electron chi connectivity index (χ2n) is 5.55. The van der Waals surface area contributed by atoms with Crippen LogP contribution < -0.4 is 5.32 Å². The second kappa shape index (κ2) is 5.71. The molecule has 6 heteroatoms. The van der Waals surface area contributed by atoms with Gasteiger partial charge in [-0.25, -0.2) is 8.42 Å². The predicted molar refractivity (Wildman–Crippen MR) is 80.1 cm³/mol. The van der Waals surface area contributed by atoms with E-state index >= 15 is 0 Å². The monoisotopic (exact) mass is 297 g/mol. The van der Waals surface area contributed by atoms with E-state index in [2.05, 4.69) is 16.5 Å². The molecule has 0 aromatic carbocycles.